The van der Waals surface area contributed by atoms with E-state index in [9.17, 15) is 19.7 Å². The summed E-state index contributed by atoms with van der Waals surface area (Å²) in [6.45, 7) is 1.84. The molecule has 2 amide bonds. The Morgan fingerprint density at radius 1 is 0.906 bits per heavy atom. The molecule has 0 N–H and O–H groups in total. The van der Waals surface area contributed by atoms with E-state index in [1.807, 2.05) is 49.4 Å². The fraction of sp³-hybridized carbons (Fsp3) is 0.167. The molecule has 0 unspecified atom stereocenters. The van der Waals surface area contributed by atoms with Gasteiger partial charge in [-0.15, -0.1) is 0 Å². The van der Waals surface area contributed by atoms with Gasteiger partial charge in [-0.1, -0.05) is 54.6 Å². The minimum Gasteiger partial charge on any atom is -0.273 e. The fourth-order valence-corrected chi connectivity index (χ4v) is 4.42. The number of nitro groups is 1. The second-order valence-corrected chi connectivity index (χ2v) is 7.81. The molecule has 8 heteroatoms. The molecule has 160 valence electrons. The molecule has 5 rings (SSSR count). The summed E-state index contributed by atoms with van der Waals surface area (Å²) < 4.78 is 0. The molecule has 2 saturated heterocycles. The highest BCUT2D eigenvalue weighted by atomic mass is 16.7. The number of benzene rings is 3. The Balaban J connectivity index is 1.60. The first-order valence-electron chi connectivity index (χ1n) is 10.2. The number of carbonyl (C=O) groups is 2. The van der Waals surface area contributed by atoms with Gasteiger partial charge in [0.05, 0.1) is 22.3 Å². The first-order valence-corrected chi connectivity index (χ1v) is 10.2. The minimum absolute atomic E-state index is 0.103. The molecule has 3 atom stereocenters. The zero-order valence-electron chi connectivity index (χ0n) is 17.1. The molecule has 0 aromatic heterocycles. The summed E-state index contributed by atoms with van der Waals surface area (Å²) in [5.41, 5.74) is 2.43. The van der Waals surface area contributed by atoms with E-state index >= 15 is 0 Å². The smallest absolute Gasteiger partial charge is 0.271 e. The molecule has 32 heavy (non-hydrogen) atoms. The standard InChI is InChI=1S/C24H19N3O5/c1-15-8-5-6-13-19(15)25-23(28)20-21(16-9-3-2-4-10-16)26(32-22(20)24(25)29)17-11-7-12-18(14-17)27(30)31/h2-14,20-22H,1H3/t20-,21-,22+/m0/s1. The van der Waals surface area contributed by atoms with Crippen LogP contribution < -0.4 is 9.96 Å². The van der Waals surface area contributed by atoms with Crippen LogP contribution in [0.2, 0.25) is 0 Å². The van der Waals surface area contributed by atoms with Crippen molar-refractivity contribution < 1.29 is 19.3 Å². The maximum absolute atomic E-state index is 13.6. The Hall–Kier alpha value is -4.04. The number of imide groups is 1. The van der Waals surface area contributed by atoms with Crippen LogP contribution in [0.4, 0.5) is 17.1 Å². The third-order valence-corrected chi connectivity index (χ3v) is 5.91. The Labute approximate surface area is 183 Å². The maximum Gasteiger partial charge on any atom is 0.271 e. The molecule has 2 aliphatic heterocycles. The number of aryl methyl sites for hydroxylation is 1. The number of rotatable bonds is 4. The van der Waals surface area contributed by atoms with Crippen LogP contribution in [0.25, 0.3) is 0 Å². The molecule has 3 aromatic carbocycles. The van der Waals surface area contributed by atoms with Crippen LogP contribution >= 0.6 is 0 Å². The van der Waals surface area contributed by atoms with Crippen molar-refractivity contribution >= 4 is 28.9 Å². The zero-order valence-corrected chi connectivity index (χ0v) is 17.1. The second kappa shape index (κ2) is 7.58. The molecular formula is C24H19N3O5. The number of hydrogen-bond acceptors (Lipinski definition) is 6. The second-order valence-electron chi connectivity index (χ2n) is 7.81. The minimum atomic E-state index is -1.02. The van der Waals surface area contributed by atoms with Crippen molar-refractivity contribution in [1.82, 2.24) is 0 Å². The van der Waals surface area contributed by atoms with E-state index in [2.05, 4.69) is 0 Å². The summed E-state index contributed by atoms with van der Waals surface area (Å²) in [5.74, 6) is -1.58. The van der Waals surface area contributed by atoms with Crippen LogP contribution in [0, 0.1) is 23.0 Å². The number of nitrogens with zero attached hydrogens (tertiary/aromatic N) is 3. The molecule has 2 aliphatic rings. The lowest BCUT2D eigenvalue weighted by molar-refractivity contribution is -0.384. The number of fused-ring (bicyclic) bond motifs is 1. The molecule has 0 bridgehead atoms. The summed E-state index contributed by atoms with van der Waals surface area (Å²) in [6, 6.07) is 21.8. The number of para-hydroxylation sites is 1. The topological polar surface area (TPSA) is 93.0 Å². The van der Waals surface area contributed by atoms with Crippen LogP contribution in [0.1, 0.15) is 17.2 Å². The highest BCUT2D eigenvalue weighted by Gasteiger charge is 2.60. The summed E-state index contributed by atoms with van der Waals surface area (Å²) in [7, 11) is 0. The summed E-state index contributed by atoms with van der Waals surface area (Å²) in [6.07, 6.45) is -1.02. The van der Waals surface area contributed by atoms with Gasteiger partial charge in [0, 0.05) is 12.1 Å². The van der Waals surface area contributed by atoms with Crippen molar-refractivity contribution in [2.75, 3.05) is 9.96 Å². The quantitative estimate of drug-likeness (QED) is 0.354. The number of non-ortho nitro benzene ring substituents is 1. The normalized spacial score (nSPS) is 22.3. The molecular weight excluding hydrogens is 410 g/mol. The Morgan fingerprint density at radius 3 is 2.34 bits per heavy atom. The van der Waals surface area contributed by atoms with Gasteiger partial charge in [0.15, 0.2) is 6.10 Å². The van der Waals surface area contributed by atoms with E-state index in [-0.39, 0.29) is 11.6 Å². The number of nitro benzene ring substituents is 1. The number of anilines is 2. The Kier molecular flexibility index (Phi) is 4.71. The van der Waals surface area contributed by atoms with Gasteiger partial charge in [0.1, 0.15) is 5.92 Å². The van der Waals surface area contributed by atoms with Gasteiger partial charge in [-0.2, -0.15) is 0 Å². The van der Waals surface area contributed by atoms with Crippen molar-refractivity contribution in [1.29, 1.82) is 0 Å². The van der Waals surface area contributed by atoms with Gasteiger partial charge in [0.2, 0.25) is 5.91 Å². The van der Waals surface area contributed by atoms with Crippen molar-refractivity contribution in [3.8, 4) is 0 Å². The zero-order chi connectivity index (χ0) is 22.4. The lowest BCUT2D eigenvalue weighted by Crippen LogP contribution is -2.37. The van der Waals surface area contributed by atoms with Crippen LogP contribution in [0.3, 0.4) is 0 Å². The van der Waals surface area contributed by atoms with Crippen LogP contribution in [-0.2, 0) is 14.4 Å². The van der Waals surface area contributed by atoms with Crippen molar-refractivity contribution in [2.24, 2.45) is 5.92 Å². The molecule has 3 aromatic rings. The lowest BCUT2D eigenvalue weighted by Gasteiger charge is -2.29. The predicted octanol–water partition coefficient (Wildman–Crippen LogP) is 3.95. The number of amides is 2. The van der Waals surface area contributed by atoms with Crippen molar-refractivity contribution in [2.45, 2.75) is 19.1 Å². The molecule has 2 fully saturated rings. The van der Waals surface area contributed by atoms with Crippen LogP contribution in [0.5, 0.6) is 0 Å². The first-order chi connectivity index (χ1) is 15.5. The third kappa shape index (κ3) is 3.04. The summed E-state index contributed by atoms with van der Waals surface area (Å²) >= 11 is 0. The van der Waals surface area contributed by atoms with Gasteiger partial charge in [-0.25, -0.2) is 9.96 Å². The lowest BCUT2D eigenvalue weighted by atomic mass is 9.90. The largest absolute Gasteiger partial charge is 0.273 e. The molecule has 0 aliphatic carbocycles. The Morgan fingerprint density at radius 2 is 1.62 bits per heavy atom. The predicted molar refractivity (Wildman–Crippen MR) is 117 cm³/mol. The van der Waals surface area contributed by atoms with E-state index in [4.69, 9.17) is 4.84 Å². The number of carbonyl (C=O) groups excluding carboxylic acids is 2. The third-order valence-electron chi connectivity index (χ3n) is 5.91. The van der Waals surface area contributed by atoms with Gasteiger partial charge >= 0.3 is 0 Å². The molecule has 0 radical (unpaired) electrons. The van der Waals surface area contributed by atoms with E-state index < -0.39 is 28.9 Å². The van der Waals surface area contributed by atoms with Crippen LogP contribution in [-0.4, -0.2) is 22.8 Å². The van der Waals surface area contributed by atoms with E-state index in [1.54, 1.807) is 24.3 Å². The average molecular weight is 429 g/mol. The molecule has 0 saturated carbocycles. The van der Waals surface area contributed by atoms with Crippen molar-refractivity contribution in [3.05, 3.63) is 100 Å². The highest BCUT2D eigenvalue weighted by molar-refractivity contribution is 6.24. The Bertz CT molecular complexity index is 1230. The average Bonchev–Trinajstić information content (AvgIpc) is 3.31. The van der Waals surface area contributed by atoms with Gasteiger partial charge < -0.3 is 0 Å². The molecule has 2 heterocycles. The van der Waals surface area contributed by atoms with Crippen LogP contribution in [0.15, 0.2) is 78.9 Å². The maximum atomic E-state index is 13.6. The fourth-order valence-electron chi connectivity index (χ4n) is 4.42. The monoisotopic (exact) mass is 429 g/mol. The molecule has 0 spiro atoms. The first kappa shape index (κ1) is 19.9. The van der Waals surface area contributed by atoms with Gasteiger partial charge in [0.25, 0.3) is 11.6 Å². The van der Waals surface area contributed by atoms with Crippen molar-refractivity contribution in [3.63, 3.8) is 0 Å². The van der Waals surface area contributed by atoms with E-state index in [1.165, 1.54) is 22.1 Å². The van der Waals surface area contributed by atoms with Gasteiger partial charge in [-0.05, 0) is 30.2 Å². The number of hydrogen-bond donors (Lipinski definition) is 0. The van der Waals surface area contributed by atoms with Gasteiger partial charge in [-0.3, -0.25) is 24.5 Å². The summed E-state index contributed by atoms with van der Waals surface area (Å²) in [4.78, 5) is 44.9. The van der Waals surface area contributed by atoms with E-state index in [0.29, 0.717) is 11.4 Å². The van der Waals surface area contributed by atoms with E-state index in [0.717, 1.165) is 11.1 Å². The summed E-state index contributed by atoms with van der Waals surface area (Å²) in [5, 5.41) is 12.7. The highest BCUT2D eigenvalue weighted by Crippen LogP contribution is 2.48. The molecule has 8 nitrogen and oxygen atoms in total. The SMILES string of the molecule is Cc1ccccc1N1C(=O)[C@@H]2[C@@H](ON(c3cccc([N+](=O)[O-])c3)[C@H]2c2ccccc2)C1=O. The number of hydroxylamine groups is 1.